The van der Waals surface area contributed by atoms with Gasteiger partial charge in [0.25, 0.3) is 0 Å². The SMILES string of the molecule is CC(=O)N(C)c1ccc(NC(=O)NCc2ccccc2-n2ccnc2)cc1. The normalized spacial score (nSPS) is 10.3. The minimum Gasteiger partial charge on any atom is -0.334 e. The number of urea groups is 1. The summed E-state index contributed by atoms with van der Waals surface area (Å²) in [5, 5.41) is 5.65. The number of aromatic nitrogens is 2. The van der Waals surface area contributed by atoms with Crippen LogP contribution in [0.4, 0.5) is 16.2 Å². The molecule has 0 radical (unpaired) electrons. The topological polar surface area (TPSA) is 79.3 Å². The smallest absolute Gasteiger partial charge is 0.319 e. The summed E-state index contributed by atoms with van der Waals surface area (Å²) in [5.41, 5.74) is 3.36. The number of nitrogens with one attached hydrogen (secondary N) is 2. The molecule has 0 saturated heterocycles. The standard InChI is InChI=1S/C20H21N5O2/c1-15(26)24(2)18-9-7-17(8-10-18)23-20(27)22-13-16-5-3-4-6-19(16)25-12-11-21-14-25/h3-12,14H,13H2,1-2H3,(H2,22,23,27). The predicted molar refractivity (Wildman–Crippen MR) is 105 cm³/mol. The van der Waals surface area contributed by atoms with Gasteiger partial charge in [-0.15, -0.1) is 0 Å². The average molecular weight is 363 g/mol. The van der Waals surface area contributed by atoms with Crippen LogP contribution in [0, 0.1) is 0 Å². The Morgan fingerprint density at radius 1 is 1.11 bits per heavy atom. The Morgan fingerprint density at radius 3 is 2.52 bits per heavy atom. The average Bonchev–Trinajstić information content (AvgIpc) is 3.21. The molecule has 0 saturated carbocycles. The summed E-state index contributed by atoms with van der Waals surface area (Å²) in [7, 11) is 1.70. The van der Waals surface area contributed by atoms with Crippen molar-refractivity contribution in [3.8, 4) is 5.69 Å². The van der Waals surface area contributed by atoms with Crippen molar-refractivity contribution in [1.82, 2.24) is 14.9 Å². The van der Waals surface area contributed by atoms with E-state index in [1.54, 1.807) is 43.8 Å². The number of nitrogens with zero attached hydrogens (tertiary/aromatic N) is 3. The summed E-state index contributed by atoms with van der Waals surface area (Å²) in [6.07, 6.45) is 5.29. The van der Waals surface area contributed by atoms with E-state index >= 15 is 0 Å². The van der Waals surface area contributed by atoms with Gasteiger partial charge in [-0.05, 0) is 35.9 Å². The summed E-state index contributed by atoms with van der Waals surface area (Å²) in [5.74, 6) is -0.0509. The van der Waals surface area contributed by atoms with Crippen molar-refractivity contribution in [2.75, 3.05) is 17.3 Å². The fraction of sp³-hybridized carbons (Fsp3) is 0.150. The van der Waals surface area contributed by atoms with E-state index in [0.29, 0.717) is 12.2 Å². The second-order valence-electron chi connectivity index (χ2n) is 6.03. The molecular weight excluding hydrogens is 342 g/mol. The van der Waals surface area contributed by atoms with Crippen molar-refractivity contribution in [1.29, 1.82) is 0 Å². The molecule has 1 aromatic heterocycles. The van der Waals surface area contributed by atoms with Crippen molar-refractivity contribution in [3.05, 3.63) is 72.8 Å². The highest BCUT2D eigenvalue weighted by Crippen LogP contribution is 2.17. The first-order valence-corrected chi connectivity index (χ1v) is 8.50. The van der Waals surface area contributed by atoms with Gasteiger partial charge in [-0.2, -0.15) is 0 Å². The van der Waals surface area contributed by atoms with E-state index in [9.17, 15) is 9.59 Å². The Kier molecular flexibility index (Phi) is 5.51. The molecule has 7 nitrogen and oxygen atoms in total. The van der Waals surface area contributed by atoms with E-state index in [1.807, 2.05) is 35.0 Å². The van der Waals surface area contributed by atoms with Crippen LogP contribution in [0.25, 0.3) is 5.69 Å². The van der Waals surface area contributed by atoms with Crippen LogP contribution in [0.15, 0.2) is 67.3 Å². The van der Waals surface area contributed by atoms with Gasteiger partial charge in [-0.3, -0.25) is 4.79 Å². The summed E-state index contributed by atoms with van der Waals surface area (Å²) in [4.78, 5) is 29.2. The molecule has 0 aliphatic carbocycles. The number of hydrogen-bond acceptors (Lipinski definition) is 3. The van der Waals surface area contributed by atoms with Crippen LogP contribution in [0.2, 0.25) is 0 Å². The zero-order valence-corrected chi connectivity index (χ0v) is 15.2. The Labute approximate surface area is 157 Å². The first-order chi connectivity index (χ1) is 13.0. The molecule has 2 N–H and O–H groups in total. The van der Waals surface area contributed by atoms with Crippen LogP contribution >= 0.6 is 0 Å². The van der Waals surface area contributed by atoms with Gasteiger partial charge in [-0.1, -0.05) is 18.2 Å². The van der Waals surface area contributed by atoms with Crippen LogP contribution in [0.3, 0.4) is 0 Å². The zero-order valence-electron chi connectivity index (χ0n) is 15.2. The molecule has 7 heteroatoms. The van der Waals surface area contributed by atoms with E-state index in [0.717, 1.165) is 16.9 Å². The summed E-state index contributed by atoms with van der Waals surface area (Å²) >= 11 is 0. The third-order valence-corrected chi connectivity index (χ3v) is 4.20. The molecule has 27 heavy (non-hydrogen) atoms. The lowest BCUT2D eigenvalue weighted by molar-refractivity contribution is -0.116. The Hall–Kier alpha value is -3.61. The van der Waals surface area contributed by atoms with Crippen molar-refractivity contribution in [3.63, 3.8) is 0 Å². The summed E-state index contributed by atoms with van der Waals surface area (Å²) < 4.78 is 1.90. The third-order valence-electron chi connectivity index (χ3n) is 4.20. The van der Waals surface area contributed by atoms with Gasteiger partial charge in [-0.25, -0.2) is 9.78 Å². The summed E-state index contributed by atoms with van der Waals surface area (Å²) in [6, 6.07) is 14.6. The molecule has 1 heterocycles. The third kappa shape index (κ3) is 4.52. The fourth-order valence-electron chi connectivity index (χ4n) is 2.61. The van der Waals surface area contributed by atoms with Gasteiger partial charge in [0.05, 0.1) is 12.0 Å². The lowest BCUT2D eigenvalue weighted by Gasteiger charge is -2.15. The largest absolute Gasteiger partial charge is 0.334 e. The van der Waals surface area contributed by atoms with Gasteiger partial charge >= 0.3 is 6.03 Å². The van der Waals surface area contributed by atoms with Crippen molar-refractivity contribution in [2.45, 2.75) is 13.5 Å². The fourth-order valence-corrected chi connectivity index (χ4v) is 2.61. The quantitative estimate of drug-likeness (QED) is 0.731. The highest BCUT2D eigenvalue weighted by Gasteiger charge is 2.08. The van der Waals surface area contributed by atoms with Gasteiger partial charge < -0.3 is 20.1 Å². The van der Waals surface area contributed by atoms with Crippen LogP contribution in [0.5, 0.6) is 0 Å². The monoisotopic (exact) mass is 363 g/mol. The van der Waals surface area contributed by atoms with Crippen LogP contribution < -0.4 is 15.5 Å². The molecule has 0 atom stereocenters. The molecule has 3 rings (SSSR count). The first kappa shape index (κ1) is 18.2. The molecule has 3 amide bonds. The maximum Gasteiger partial charge on any atom is 0.319 e. The number of imidazole rings is 1. The number of rotatable bonds is 5. The number of anilines is 2. The molecule has 0 spiro atoms. The van der Waals surface area contributed by atoms with Gasteiger partial charge in [0.2, 0.25) is 5.91 Å². The maximum absolute atomic E-state index is 12.2. The van der Waals surface area contributed by atoms with E-state index in [2.05, 4.69) is 15.6 Å². The maximum atomic E-state index is 12.2. The molecule has 0 unspecified atom stereocenters. The number of benzene rings is 2. The van der Waals surface area contributed by atoms with E-state index in [1.165, 1.54) is 11.8 Å². The number of amides is 3. The predicted octanol–water partition coefficient (Wildman–Crippen LogP) is 3.18. The highest BCUT2D eigenvalue weighted by molar-refractivity contribution is 5.92. The van der Waals surface area contributed by atoms with E-state index in [-0.39, 0.29) is 11.9 Å². The number of para-hydroxylation sites is 1. The molecular formula is C20H21N5O2. The highest BCUT2D eigenvalue weighted by atomic mass is 16.2. The minimum atomic E-state index is -0.303. The molecule has 0 bridgehead atoms. The second-order valence-corrected chi connectivity index (χ2v) is 6.03. The van der Waals surface area contributed by atoms with Crippen molar-refractivity contribution < 1.29 is 9.59 Å². The van der Waals surface area contributed by atoms with Gasteiger partial charge in [0.1, 0.15) is 0 Å². The minimum absolute atomic E-state index is 0.0509. The molecule has 2 aromatic carbocycles. The van der Waals surface area contributed by atoms with Crippen molar-refractivity contribution >= 4 is 23.3 Å². The van der Waals surface area contributed by atoms with E-state index < -0.39 is 0 Å². The molecule has 138 valence electrons. The van der Waals surface area contributed by atoms with Crippen LogP contribution in [0.1, 0.15) is 12.5 Å². The second kappa shape index (κ2) is 8.18. The lowest BCUT2D eigenvalue weighted by Crippen LogP contribution is -2.28. The van der Waals surface area contributed by atoms with Gasteiger partial charge in [0.15, 0.2) is 0 Å². The Bertz CT molecular complexity index is 920. The van der Waals surface area contributed by atoms with Crippen LogP contribution in [-0.4, -0.2) is 28.5 Å². The number of carbonyl (C=O) groups is 2. The van der Waals surface area contributed by atoms with Crippen LogP contribution in [-0.2, 0) is 11.3 Å². The van der Waals surface area contributed by atoms with Gasteiger partial charge in [0, 0.05) is 44.3 Å². The number of hydrogen-bond donors (Lipinski definition) is 2. The Balaban J connectivity index is 1.60. The first-order valence-electron chi connectivity index (χ1n) is 8.50. The molecule has 0 fully saturated rings. The van der Waals surface area contributed by atoms with E-state index in [4.69, 9.17) is 0 Å². The molecule has 0 aliphatic heterocycles. The number of carbonyl (C=O) groups excluding carboxylic acids is 2. The van der Waals surface area contributed by atoms with Crippen molar-refractivity contribution in [2.24, 2.45) is 0 Å². The lowest BCUT2D eigenvalue weighted by atomic mass is 10.1. The molecule has 0 aliphatic rings. The summed E-state index contributed by atoms with van der Waals surface area (Å²) in [6.45, 7) is 1.88. The zero-order chi connectivity index (χ0) is 19.2. The molecule has 3 aromatic rings. The Morgan fingerprint density at radius 2 is 1.85 bits per heavy atom.